The molecule has 0 radical (unpaired) electrons. The van der Waals surface area contributed by atoms with E-state index < -0.39 is 0 Å². The molecular formula is C25H26N2O5S. The second-order valence-corrected chi connectivity index (χ2v) is 8.58. The Kier molecular flexibility index (Phi) is 6.84. The summed E-state index contributed by atoms with van der Waals surface area (Å²) < 4.78 is 16.0. The van der Waals surface area contributed by atoms with Gasteiger partial charge in [-0.3, -0.25) is 9.59 Å². The lowest BCUT2D eigenvalue weighted by atomic mass is 10.1. The summed E-state index contributed by atoms with van der Waals surface area (Å²) in [4.78, 5) is 31.3. The quantitative estimate of drug-likeness (QED) is 0.549. The molecule has 3 aromatic rings. The molecule has 0 atom stereocenters. The Hall–Kier alpha value is -3.52. The van der Waals surface area contributed by atoms with E-state index in [4.69, 9.17) is 14.2 Å². The summed E-state index contributed by atoms with van der Waals surface area (Å²) in [5, 5.41) is 0. The van der Waals surface area contributed by atoms with E-state index in [1.54, 1.807) is 49.3 Å². The molecule has 2 aromatic carbocycles. The minimum absolute atomic E-state index is 0.0720. The Labute approximate surface area is 197 Å². The number of amides is 2. The van der Waals surface area contributed by atoms with E-state index >= 15 is 0 Å². The molecule has 8 heteroatoms. The van der Waals surface area contributed by atoms with Gasteiger partial charge in [0.2, 0.25) is 0 Å². The molecule has 2 amide bonds. The predicted molar refractivity (Wildman–Crippen MR) is 128 cm³/mol. The smallest absolute Gasteiger partial charge is 0.267 e. The Morgan fingerprint density at radius 3 is 1.94 bits per heavy atom. The number of methoxy groups -OCH3 is 3. The van der Waals surface area contributed by atoms with Crippen LogP contribution in [0.1, 0.15) is 20.0 Å². The molecule has 1 saturated heterocycles. The van der Waals surface area contributed by atoms with E-state index in [-0.39, 0.29) is 11.8 Å². The van der Waals surface area contributed by atoms with Gasteiger partial charge in [0.25, 0.3) is 11.8 Å². The van der Waals surface area contributed by atoms with Crippen LogP contribution in [0.25, 0.3) is 10.4 Å². The van der Waals surface area contributed by atoms with Crippen LogP contribution >= 0.6 is 11.3 Å². The van der Waals surface area contributed by atoms with Crippen molar-refractivity contribution < 1.29 is 23.8 Å². The topological polar surface area (TPSA) is 68.3 Å². The molecule has 1 aliphatic heterocycles. The highest BCUT2D eigenvalue weighted by Gasteiger charge is 2.29. The lowest BCUT2D eigenvalue weighted by Gasteiger charge is -2.34. The van der Waals surface area contributed by atoms with Crippen LogP contribution in [0.5, 0.6) is 17.2 Å². The summed E-state index contributed by atoms with van der Waals surface area (Å²) >= 11 is 1.43. The average Bonchev–Trinajstić information content (AvgIpc) is 3.32. The van der Waals surface area contributed by atoms with E-state index in [0.717, 1.165) is 10.4 Å². The Bertz CT molecular complexity index is 1140. The number of piperazine rings is 1. The van der Waals surface area contributed by atoms with Gasteiger partial charge >= 0.3 is 0 Å². The molecule has 0 N–H and O–H groups in total. The van der Waals surface area contributed by atoms with Crippen LogP contribution in [-0.4, -0.2) is 69.1 Å². The Morgan fingerprint density at radius 2 is 1.33 bits per heavy atom. The van der Waals surface area contributed by atoms with Crippen molar-refractivity contribution >= 4 is 23.2 Å². The predicted octanol–water partition coefficient (Wildman–Crippen LogP) is 4.04. The zero-order valence-corrected chi connectivity index (χ0v) is 19.7. The van der Waals surface area contributed by atoms with Crippen LogP contribution < -0.4 is 14.2 Å². The number of rotatable bonds is 6. The van der Waals surface area contributed by atoms with Gasteiger partial charge in [0.1, 0.15) is 10.6 Å². The molecule has 0 aliphatic carbocycles. The first-order chi connectivity index (χ1) is 16.0. The van der Waals surface area contributed by atoms with Gasteiger partial charge in [-0.15, -0.1) is 11.3 Å². The Balaban J connectivity index is 1.44. The van der Waals surface area contributed by atoms with Crippen molar-refractivity contribution in [3.63, 3.8) is 0 Å². The molecule has 7 nitrogen and oxygen atoms in total. The van der Waals surface area contributed by atoms with Gasteiger partial charge in [-0.25, -0.2) is 0 Å². The number of ether oxygens (including phenoxy) is 3. The van der Waals surface area contributed by atoms with Crippen LogP contribution in [0.3, 0.4) is 0 Å². The lowest BCUT2D eigenvalue weighted by molar-refractivity contribution is 0.0536. The van der Waals surface area contributed by atoms with Crippen molar-refractivity contribution in [2.75, 3.05) is 47.5 Å². The maximum absolute atomic E-state index is 13.2. The maximum Gasteiger partial charge on any atom is 0.267 e. The minimum Gasteiger partial charge on any atom is -0.495 e. The molecule has 4 rings (SSSR count). The first-order valence-corrected chi connectivity index (χ1v) is 11.4. The minimum atomic E-state index is -0.0943. The summed E-state index contributed by atoms with van der Waals surface area (Å²) in [5.41, 5.74) is 1.57. The highest BCUT2D eigenvalue weighted by atomic mass is 32.1. The molecule has 0 spiro atoms. The van der Waals surface area contributed by atoms with E-state index in [0.29, 0.717) is 53.9 Å². The van der Waals surface area contributed by atoms with Crippen molar-refractivity contribution in [2.45, 2.75) is 0 Å². The number of carbonyl (C=O) groups excluding carboxylic acids is 2. The van der Waals surface area contributed by atoms with Crippen LogP contribution in [0, 0.1) is 0 Å². The molecule has 2 heterocycles. The number of benzene rings is 2. The number of hydrogen-bond donors (Lipinski definition) is 0. The molecule has 172 valence electrons. The van der Waals surface area contributed by atoms with Crippen LogP contribution in [0.2, 0.25) is 0 Å². The molecule has 0 unspecified atom stereocenters. The SMILES string of the molecule is COc1ccc(C(=O)N2CCN(C(=O)c3sc(-c4ccccc4)cc3OC)CC2)cc1OC. The van der Waals surface area contributed by atoms with Crippen molar-refractivity contribution in [1.29, 1.82) is 0 Å². The van der Waals surface area contributed by atoms with E-state index in [1.807, 2.05) is 36.4 Å². The van der Waals surface area contributed by atoms with Crippen molar-refractivity contribution in [1.82, 2.24) is 9.80 Å². The molecule has 1 aromatic heterocycles. The molecule has 1 aliphatic rings. The summed E-state index contributed by atoms with van der Waals surface area (Å²) in [7, 11) is 4.67. The van der Waals surface area contributed by atoms with Crippen LogP contribution in [0.4, 0.5) is 0 Å². The van der Waals surface area contributed by atoms with Crippen molar-refractivity contribution in [3.8, 4) is 27.7 Å². The maximum atomic E-state index is 13.2. The zero-order valence-electron chi connectivity index (χ0n) is 18.9. The third-order valence-corrected chi connectivity index (χ3v) is 6.81. The van der Waals surface area contributed by atoms with Gasteiger partial charge < -0.3 is 24.0 Å². The monoisotopic (exact) mass is 466 g/mol. The molecular weight excluding hydrogens is 440 g/mol. The summed E-state index contributed by atoms with van der Waals surface area (Å²) in [6.45, 7) is 1.83. The van der Waals surface area contributed by atoms with Crippen molar-refractivity contribution in [3.05, 3.63) is 65.0 Å². The fourth-order valence-corrected chi connectivity index (χ4v) is 4.93. The molecule has 0 bridgehead atoms. The fourth-order valence-electron chi connectivity index (χ4n) is 3.83. The number of carbonyl (C=O) groups is 2. The van der Waals surface area contributed by atoms with E-state index in [1.165, 1.54) is 11.3 Å². The normalized spacial score (nSPS) is 13.5. The summed E-state index contributed by atoms with van der Waals surface area (Å²) in [6, 6.07) is 17.0. The van der Waals surface area contributed by atoms with Gasteiger partial charge in [0, 0.05) is 36.6 Å². The van der Waals surface area contributed by atoms with E-state index in [9.17, 15) is 9.59 Å². The third kappa shape index (κ3) is 4.66. The number of thiophene rings is 1. The van der Waals surface area contributed by atoms with Gasteiger partial charge in [0.15, 0.2) is 11.5 Å². The molecule has 0 saturated carbocycles. The molecule has 33 heavy (non-hydrogen) atoms. The third-order valence-electron chi connectivity index (χ3n) is 5.66. The van der Waals surface area contributed by atoms with Gasteiger partial charge in [-0.1, -0.05) is 30.3 Å². The second-order valence-electron chi connectivity index (χ2n) is 7.53. The van der Waals surface area contributed by atoms with Gasteiger partial charge in [0.05, 0.1) is 21.3 Å². The average molecular weight is 467 g/mol. The number of hydrogen-bond acceptors (Lipinski definition) is 6. The highest BCUT2D eigenvalue weighted by molar-refractivity contribution is 7.17. The Morgan fingerprint density at radius 1 is 0.727 bits per heavy atom. The van der Waals surface area contributed by atoms with Gasteiger partial charge in [-0.05, 0) is 29.8 Å². The lowest BCUT2D eigenvalue weighted by Crippen LogP contribution is -2.50. The largest absolute Gasteiger partial charge is 0.495 e. The van der Waals surface area contributed by atoms with Gasteiger partial charge in [-0.2, -0.15) is 0 Å². The standard InChI is InChI=1S/C25H26N2O5S/c1-30-19-10-9-18(15-20(19)31-2)24(28)26-11-13-27(14-12-26)25(29)23-21(32-3)16-22(33-23)17-7-5-4-6-8-17/h4-10,15-16H,11-14H2,1-3H3. The first-order valence-electron chi connectivity index (χ1n) is 10.6. The molecule has 1 fully saturated rings. The van der Waals surface area contributed by atoms with Crippen molar-refractivity contribution in [2.24, 2.45) is 0 Å². The fraction of sp³-hybridized carbons (Fsp3) is 0.280. The summed E-state index contributed by atoms with van der Waals surface area (Å²) in [5.74, 6) is 1.49. The first kappa shape index (κ1) is 22.7. The van der Waals surface area contributed by atoms with Crippen LogP contribution in [-0.2, 0) is 0 Å². The second kappa shape index (κ2) is 9.95. The van der Waals surface area contributed by atoms with Crippen LogP contribution in [0.15, 0.2) is 54.6 Å². The van der Waals surface area contributed by atoms with E-state index in [2.05, 4.69) is 0 Å². The summed E-state index contributed by atoms with van der Waals surface area (Å²) in [6.07, 6.45) is 0. The highest BCUT2D eigenvalue weighted by Crippen LogP contribution is 2.37. The number of nitrogens with zero attached hydrogens (tertiary/aromatic N) is 2. The zero-order chi connectivity index (χ0) is 23.4.